The van der Waals surface area contributed by atoms with Crippen molar-refractivity contribution in [1.29, 1.82) is 0 Å². The number of aromatic nitrogens is 3. The van der Waals surface area contributed by atoms with Crippen LogP contribution in [0, 0.1) is 6.92 Å². The molecule has 1 amide bonds. The summed E-state index contributed by atoms with van der Waals surface area (Å²) in [4.78, 5) is 24.8. The van der Waals surface area contributed by atoms with E-state index < -0.39 is 0 Å². The summed E-state index contributed by atoms with van der Waals surface area (Å²) in [6.45, 7) is 7.06. The quantitative estimate of drug-likeness (QED) is 0.607. The van der Waals surface area contributed by atoms with E-state index in [1.807, 2.05) is 42.8 Å². The number of benzene rings is 1. The summed E-state index contributed by atoms with van der Waals surface area (Å²) in [7, 11) is 3.92. The zero-order valence-electron chi connectivity index (χ0n) is 21.1. The van der Waals surface area contributed by atoms with Crippen molar-refractivity contribution >= 4 is 23.2 Å². The Morgan fingerprint density at radius 1 is 1.17 bits per heavy atom. The number of nitrogens with two attached hydrogens (primary N) is 1. The van der Waals surface area contributed by atoms with Crippen LogP contribution in [0.3, 0.4) is 0 Å². The van der Waals surface area contributed by atoms with Crippen molar-refractivity contribution in [3.8, 4) is 5.75 Å². The van der Waals surface area contributed by atoms with Crippen LogP contribution in [0.25, 0.3) is 5.65 Å². The van der Waals surface area contributed by atoms with Gasteiger partial charge in [-0.1, -0.05) is 18.6 Å². The van der Waals surface area contributed by atoms with Gasteiger partial charge in [-0.2, -0.15) is 9.61 Å². The van der Waals surface area contributed by atoms with E-state index in [2.05, 4.69) is 29.8 Å². The third-order valence-electron chi connectivity index (χ3n) is 7.13. The molecule has 5 rings (SSSR count). The number of anilines is 2. The average molecular weight is 478 g/mol. The predicted molar refractivity (Wildman–Crippen MR) is 137 cm³/mol. The van der Waals surface area contributed by atoms with Crippen molar-refractivity contribution in [3.05, 3.63) is 47.2 Å². The number of carbonyl (C=O) groups is 1. The minimum absolute atomic E-state index is 0.0679. The second-order valence-electron chi connectivity index (χ2n) is 9.77. The molecular formula is C26H35N7O2. The van der Waals surface area contributed by atoms with Crippen molar-refractivity contribution < 1.29 is 9.53 Å². The van der Waals surface area contributed by atoms with Gasteiger partial charge in [-0.3, -0.25) is 4.79 Å². The normalized spacial score (nSPS) is 21.4. The van der Waals surface area contributed by atoms with Crippen LogP contribution in [-0.2, 0) is 0 Å². The van der Waals surface area contributed by atoms with Crippen molar-refractivity contribution in [3.63, 3.8) is 0 Å². The van der Waals surface area contributed by atoms with E-state index in [-0.39, 0.29) is 18.0 Å². The van der Waals surface area contributed by atoms with Gasteiger partial charge in [0.05, 0.1) is 23.9 Å². The molecule has 2 aliphatic heterocycles. The fourth-order valence-electron chi connectivity index (χ4n) is 5.10. The first-order chi connectivity index (χ1) is 16.9. The molecule has 0 unspecified atom stereocenters. The molecule has 35 heavy (non-hydrogen) atoms. The predicted octanol–water partition coefficient (Wildman–Crippen LogP) is 3.02. The molecule has 0 saturated carbocycles. The highest BCUT2D eigenvalue weighted by Crippen LogP contribution is 2.31. The zero-order valence-corrected chi connectivity index (χ0v) is 21.1. The van der Waals surface area contributed by atoms with Gasteiger partial charge >= 0.3 is 0 Å². The monoisotopic (exact) mass is 477 g/mol. The Bertz CT molecular complexity index is 1240. The maximum absolute atomic E-state index is 13.6. The van der Waals surface area contributed by atoms with Gasteiger partial charge in [-0.25, -0.2) is 4.98 Å². The molecule has 1 saturated heterocycles. The van der Waals surface area contributed by atoms with E-state index in [9.17, 15) is 4.79 Å². The molecule has 2 N–H and O–H groups in total. The van der Waals surface area contributed by atoms with Crippen molar-refractivity contribution in [1.82, 2.24) is 19.5 Å². The third-order valence-corrected chi connectivity index (χ3v) is 7.13. The first kappa shape index (κ1) is 23.4. The number of fused-ring (bicyclic) bond motifs is 2. The van der Waals surface area contributed by atoms with Crippen LogP contribution in [0.5, 0.6) is 5.75 Å². The largest absolute Gasteiger partial charge is 0.493 e. The molecular weight excluding hydrogens is 442 g/mol. The number of hydrogen-bond donors (Lipinski definition) is 1. The lowest BCUT2D eigenvalue weighted by Crippen LogP contribution is -2.32. The Kier molecular flexibility index (Phi) is 6.27. The second-order valence-corrected chi connectivity index (χ2v) is 9.77. The van der Waals surface area contributed by atoms with E-state index in [0.29, 0.717) is 17.9 Å². The van der Waals surface area contributed by atoms with Gasteiger partial charge in [0.1, 0.15) is 17.4 Å². The van der Waals surface area contributed by atoms with Crippen LogP contribution in [0.1, 0.15) is 53.8 Å². The van der Waals surface area contributed by atoms with Gasteiger partial charge in [0.2, 0.25) is 0 Å². The fraction of sp³-hybridized carbons (Fsp3) is 0.500. The van der Waals surface area contributed by atoms with Crippen molar-refractivity contribution in [2.24, 2.45) is 5.73 Å². The van der Waals surface area contributed by atoms with Gasteiger partial charge in [0.25, 0.3) is 5.91 Å². The molecule has 0 spiro atoms. The lowest BCUT2D eigenvalue weighted by atomic mass is 10.1. The summed E-state index contributed by atoms with van der Waals surface area (Å²) in [5.41, 5.74) is 9.40. The summed E-state index contributed by atoms with van der Waals surface area (Å²) in [5.74, 6) is 2.44. The number of hydrogen-bond acceptors (Lipinski definition) is 7. The van der Waals surface area contributed by atoms with Crippen LogP contribution >= 0.6 is 0 Å². The first-order valence-corrected chi connectivity index (χ1v) is 12.5. The highest BCUT2D eigenvalue weighted by molar-refractivity contribution is 5.97. The van der Waals surface area contributed by atoms with Crippen LogP contribution in [0.15, 0.2) is 30.3 Å². The highest BCUT2D eigenvalue weighted by atomic mass is 16.5. The average Bonchev–Trinajstić information content (AvgIpc) is 3.47. The van der Waals surface area contributed by atoms with Gasteiger partial charge in [-0.05, 0) is 38.3 Å². The minimum atomic E-state index is -0.192. The van der Waals surface area contributed by atoms with Crippen LogP contribution in [-0.4, -0.2) is 71.8 Å². The molecule has 0 radical (unpaired) electrons. The van der Waals surface area contributed by atoms with Crippen molar-refractivity contribution in [2.45, 2.75) is 45.2 Å². The van der Waals surface area contributed by atoms with Gasteiger partial charge in [0.15, 0.2) is 5.65 Å². The lowest BCUT2D eigenvalue weighted by Gasteiger charge is -2.27. The molecule has 0 aliphatic carbocycles. The summed E-state index contributed by atoms with van der Waals surface area (Å²) >= 11 is 0. The molecule has 1 fully saturated rings. The Labute approximate surface area is 206 Å². The molecule has 2 aliphatic rings. The first-order valence-electron chi connectivity index (χ1n) is 12.5. The summed E-state index contributed by atoms with van der Waals surface area (Å²) in [6, 6.07) is 9.89. The minimum Gasteiger partial charge on any atom is -0.493 e. The molecule has 186 valence electrons. The van der Waals surface area contributed by atoms with Crippen LogP contribution in [0.4, 0.5) is 11.6 Å². The van der Waals surface area contributed by atoms with Crippen LogP contribution in [0.2, 0.25) is 0 Å². The molecule has 9 heteroatoms. The van der Waals surface area contributed by atoms with E-state index in [4.69, 9.17) is 20.6 Å². The Morgan fingerprint density at radius 3 is 2.74 bits per heavy atom. The number of carbonyl (C=O) groups excluding carboxylic acids is 1. The second kappa shape index (κ2) is 9.37. The standard InChI is InChI=1S/C26H35N7O2/c1-5-21-20-14-24-28-23(32-11-9-18(27)16-32)15-25(33(24)29-20)30(3)10-6-12-35-22-8-7-17(2)13-19(22)26(34)31(21)4/h7-8,13-15,18,21H,5-6,9-12,16,27H2,1-4H3/t18-,21-/m0/s1. The molecule has 1 aromatic carbocycles. The molecule has 3 aromatic rings. The number of amides is 1. The maximum Gasteiger partial charge on any atom is 0.257 e. The van der Waals surface area contributed by atoms with Gasteiger partial charge < -0.3 is 25.2 Å². The highest BCUT2D eigenvalue weighted by Gasteiger charge is 2.28. The summed E-state index contributed by atoms with van der Waals surface area (Å²) in [5, 5.41) is 4.97. The van der Waals surface area contributed by atoms with Crippen molar-refractivity contribution in [2.75, 3.05) is 50.1 Å². The number of aryl methyl sites for hydroxylation is 1. The topological polar surface area (TPSA) is 92.2 Å². The fourth-order valence-corrected chi connectivity index (χ4v) is 5.10. The van der Waals surface area contributed by atoms with Gasteiger partial charge in [0, 0.05) is 51.9 Å². The molecule has 9 nitrogen and oxygen atoms in total. The van der Waals surface area contributed by atoms with E-state index in [0.717, 1.165) is 67.4 Å². The molecule has 2 aromatic heterocycles. The third kappa shape index (κ3) is 4.40. The number of nitrogens with zero attached hydrogens (tertiary/aromatic N) is 6. The van der Waals surface area contributed by atoms with Crippen LogP contribution < -0.4 is 20.3 Å². The summed E-state index contributed by atoms with van der Waals surface area (Å²) < 4.78 is 8.02. The van der Waals surface area contributed by atoms with E-state index in [1.165, 1.54) is 0 Å². The van der Waals surface area contributed by atoms with Gasteiger partial charge in [-0.15, -0.1) is 0 Å². The van der Waals surface area contributed by atoms with E-state index in [1.54, 1.807) is 4.90 Å². The number of ether oxygens (including phenoxy) is 1. The molecule has 2 bridgehead atoms. The van der Waals surface area contributed by atoms with E-state index >= 15 is 0 Å². The Balaban J connectivity index is 1.61. The maximum atomic E-state index is 13.6. The lowest BCUT2D eigenvalue weighted by molar-refractivity contribution is 0.0718. The number of rotatable bonds is 2. The SMILES string of the molecule is CC[C@H]1c2cc3nc(N4CC[C@H](N)C4)cc(n3n2)N(C)CCCOc2ccc(C)cc2C(=O)N1C. The molecule has 4 heterocycles. The zero-order chi connectivity index (χ0) is 24.7. The Hall–Kier alpha value is -3.33. The smallest absolute Gasteiger partial charge is 0.257 e. The molecule has 2 atom stereocenters. The summed E-state index contributed by atoms with van der Waals surface area (Å²) in [6.07, 6.45) is 2.49. The Morgan fingerprint density at radius 2 is 2.00 bits per heavy atom.